The highest BCUT2D eigenvalue weighted by Gasteiger charge is 2.45. The lowest BCUT2D eigenvalue weighted by atomic mass is 9.58. The molecule has 2 nitrogen and oxygen atoms in total. The van der Waals surface area contributed by atoms with Crippen LogP contribution in [-0.2, 0) is 9.53 Å². The molecule has 0 saturated heterocycles. The highest BCUT2D eigenvalue weighted by atomic mass is 16.5. The maximum absolute atomic E-state index is 11.0. The van der Waals surface area contributed by atoms with Crippen molar-refractivity contribution >= 4 is 5.97 Å². The fraction of sp³-hybridized carbons (Fsp3) is 0.929. The molecular weight excluding hydrogens is 200 g/mol. The third-order valence-electron chi connectivity index (χ3n) is 4.68. The van der Waals surface area contributed by atoms with Crippen molar-refractivity contribution < 1.29 is 9.53 Å². The summed E-state index contributed by atoms with van der Waals surface area (Å²) in [4.78, 5) is 11.0. The molecule has 1 rings (SSSR count). The summed E-state index contributed by atoms with van der Waals surface area (Å²) in [5.41, 5.74) is 0.481. The van der Waals surface area contributed by atoms with Gasteiger partial charge in [-0.2, -0.15) is 0 Å². The van der Waals surface area contributed by atoms with Gasteiger partial charge in [0, 0.05) is 12.3 Å². The van der Waals surface area contributed by atoms with E-state index in [1.165, 1.54) is 39.0 Å². The molecule has 0 unspecified atom stereocenters. The molecule has 0 spiro atoms. The largest absolute Gasteiger partial charge is 0.465 e. The second-order valence-corrected chi connectivity index (χ2v) is 5.86. The first-order valence-electron chi connectivity index (χ1n) is 6.57. The zero-order valence-electron chi connectivity index (χ0n) is 11.3. The zero-order chi connectivity index (χ0) is 12.2. The summed E-state index contributed by atoms with van der Waals surface area (Å²) in [6, 6.07) is 0. The number of hydrogen-bond acceptors (Lipinski definition) is 2. The van der Waals surface area contributed by atoms with Gasteiger partial charge in [0.15, 0.2) is 0 Å². The van der Waals surface area contributed by atoms with E-state index >= 15 is 0 Å². The summed E-state index contributed by atoms with van der Waals surface area (Å²) in [7, 11) is 0. The Kier molecular flexibility index (Phi) is 4.40. The van der Waals surface area contributed by atoms with Crippen LogP contribution in [0.2, 0.25) is 0 Å². The van der Waals surface area contributed by atoms with Gasteiger partial charge in [-0.1, -0.05) is 46.5 Å². The van der Waals surface area contributed by atoms with E-state index in [4.69, 9.17) is 4.74 Å². The van der Waals surface area contributed by atoms with Gasteiger partial charge < -0.3 is 4.74 Å². The van der Waals surface area contributed by atoms with Crippen molar-refractivity contribution in [2.45, 2.75) is 66.2 Å². The zero-order valence-corrected chi connectivity index (χ0v) is 11.3. The van der Waals surface area contributed by atoms with Crippen molar-refractivity contribution in [1.82, 2.24) is 0 Å². The Labute approximate surface area is 99.8 Å². The van der Waals surface area contributed by atoms with Gasteiger partial charge in [-0.05, 0) is 18.3 Å². The van der Waals surface area contributed by atoms with E-state index in [0.29, 0.717) is 6.61 Å². The number of hydrogen-bond donors (Lipinski definition) is 0. The first-order chi connectivity index (χ1) is 7.43. The van der Waals surface area contributed by atoms with Crippen LogP contribution in [0.3, 0.4) is 0 Å². The Hall–Kier alpha value is -0.530. The van der Waals surface area contributed by atoms with E-state index < -0.39 is 0 Å². The van der Waals surface area contributed by atoms with Crippen LogP contribution in [0.15, 0.2) is 0 Å². The van der Waals surface area contributed by atoms with Crippen molar-refractivity contribution in [2.24, 2.45) is 10.8 Å². The number of esters is 1. The maximum atomic E-state index is 11.0. The first kappa shape index (κ1) is 13.5. The lowest BCUT2D eigenvalue weighted by Gasteiger charge is -2.48. The van der Waals surface area contributed by atoms with Gasteiger partial charge in [0.05, 0.1) is 6.61 Å². The lowest BCUT2D eigenvalue weighted by Crippen LogP contribution is -2.43. The van der Waals surface area contributed by atoms with Gasteiger partial charge in [-0.25, -0.2) is 0 Å². The third kappa shape index (κ3) is 2.78. The van der Waals surface area contributed by atoms with Crippen molar-refractivity contribution in [3.63, 3.8) is 0 Å². The van der Waals surface area contributed by atoms with Crippen molar-refractivity contribution in [1.29, 1.82) is 0 Å². The minimum Gasteiger partial charge on any atom is -0.465 e. The van der Waals surface area contributed by atoms with Gasteiger partial charge in [0.2, 0.25) is 0 Å². The number of ether oxygens (including phenoxy) is 1. The summed E-state index contributed by atoms with van der Waals surface area (Å²) >= 11 is 0. The molecular formula is C14H26O2. The Bertz CT molecular complexity index is 237. The summed E-state index contributed by atoms with van der Waals surface area (Å²) in [5, 5.41) is 0. The van der Waals surface area contributed by atoms with Crippen LogP contribution < -0.4 is 0 Å². The molecule has 0 atom stereocenters. The molecule has 1 saturated carbocycles. The summed E-state index contributed by atoms with van der Waals surface area (Å²) in [6.07, 6.45) is 7.47. The van der Waals surface area contributed by atoms with E-state index in [2.05, 4.69) is 20.8 Å². The van der Waals surface area contributed by atoms with E-state index in [-0.39, 0.29) is 16.8 Å². The van der Waals surface area contributed by atoms with Gasteiger partial charge in [0.1, 0.15) is 0 Å². The molecule has 0 aromatic rings. The third-order valence-corrected chi connectivity index (χ3v) is 4.68. The monoisotopic (exact) mass is 226 g/mol. The first-order valence-corrected chi connectivity index (χ1v) is 6.57. The van der Waals surface area contributed by atoms with E-state index in [9.17, 15) is 4.79 Å². The summed E-state index contributed by atoms with van der Waals surface area (Å²) in [5.74, 6) is -0.142. The molecule has 2 heteroatoms. The van der Waals surface area contributed by atoms with Crippen molar-refractivity contribution in [2.75, 3.05) is 6.61 Å². The van der Waals surface area contributed by atoms with Crippen molar-refractivity contribution in [3.8, 4) is 0 Å². The highest BCUT2D eigenvalue weighted by Crippen LogP contribution is 2.51. The molecule has 1 fully saturated rings. The van der Waals surface area contributed by atoms with Crippen LogP contribution in [0.4, 0.5) is 0 Å². The Balaban J connectivity index is 2.78. The normalized spacial score (nSPS) is 20.5. The minimum absolute atomic E-state index is 0.142. The molecule has 0 N–H and O–H groups in total. The fourth-order valence-corrected chi connectivity index (χ4v) is 2.86. The molecule has 16 heavy (non-hydrogen) atoms. The average molecular weight is 226 g/mol. The maximum Gasteiger partial charge on any atom is 0.302 e. The van der Waals surface area contributed by atoms with Crippen LogP contribution >= 0.6 is 0 Å². The molecule has 0 aromatic carbocycles. The quantitative estimate of drug-likeness (QED) is 0.679. The van der Waals surface area contributed by atoms with Gasteiger partial charge in [0.25, 0.3) is 0 Å². The van der Waals surface area contributed by atoms with E-state index in [1.807, 2.05) is 0 Å². The second kappa shape index (κ2) is 5.20. The van der Waals surface area contributed by atoms with E-state index in [0.717, 1.165) is 6.42 Å². The molecule has 0 heterocycles. The SMILES string of the molecule is CCC(C)(C)C1(COC(C)=O)CCCCC1. The molecule has 1 aliphatic carbocycles. The van der Waals surface area contributed by atoms with Crippen LogP contribution in [0.25, 0.3) is 0 Å². The topological polar surface area (TPSA) is 26.3 Å². The molecule has 0 aromatic heterocycles. The molecule has 1 aliphatic rings. The van der Waals surface area contributed by atoms with Crippen LogP contribution in [-0.4, -0.2) is 12.6 Å². The predicted molar refractivity (Wildman–Crippen MR) is 66.2 cm³/mol. The number of carbonyl (C=O) groups is 1. The molecule has 0 bridgehead atoms. The average Bonchev–Trinajstić information content (AvgIpc) is 2.27. The van der Waals surface area contributed by atoms with Gasteiger partial charge in [-0.15, -0.1) is 0 Å². The number of rotatable bonds is 4. The highest BCUT2D eigenvalue weighted by molar-refractivity contribution is 5.65. The standard InChI is InChI=1S/C14H26O2/c1-5-13(3,4)14(11-16-12(2)15)9-7-6-8-10-14/h5-11H2,1-4H3. The molecule has 0 aliphatic heterocycles. The van der Waals surface area contributed by atoms with Crippen molar-refractivity contribution in [3.05, 3.63) is 0 Å². The molecule has 0 radical (unpaired) electrons. The minimum atomic E-state index is -0.142. The molecule has 94 valence electrons. The number of carbonyl (C=O) groups excluding carboxylic acids is 1. The second-order valence-electron chi connectivity index (χ2n) is 5.86. The van der Waals surface area contributed by atoms with Gasteiger partial charge in [-0.3, -0.25) is 4.79 Å². The fourth-order valence-electron chi connectivity index (χ4n) is 2.86. The van der Waals surface area contributed by atoms with E-state index in [1.54, 1.807) is 0 Å². The smallest absolute Gasteiger partial charge is 0.302 e. The Morgan fingerprint density at radius 1 is 1.25 bits per heavy atom. The Morgan fingerprint density at radius 3 is 2.25 bits per heavy atom. The van der Waals surface area contributed by atoms with Crippen LogP contribution in [0.5, 0.6) is 0 Å². The van der Waals surface area contributed by atoms with Crippen LogP contribution in [0.1, 0.15) is 66.2 Å². The van der Waals surface area contributed by atoms with Crippen LogP contribution in [0, 0.1) is 10.8 Å². The molecule has 0 amide bonds. The van der Waals surface area contributed by atoms with Gasteiger partial charge >= 0.3 is 5.97 Å². The summed E-state index contributed by atoms with van der Waals surface area (Å²) in [6.45, 7) is 9.01. The predicted octanol–water partition coefficient (Wildman–Crippen LogP) is 3.94. The summed E-state index contributed by atoms with van der Waals surface area (Å²) < 4.78 is 5.33. The Morgan fingerprint density at radius 2 is 1.81 bits per heavy atom. The lowest BCUT2D eigenvalue weighted by molar-refractivity contribution is -0.150.